The maximum atomic E-state index is 14.9. The van der Waals surface area contributed by atoms with E-state index in [9.17, 15) is 14.0 Å². The van der Waals surface area contributed by atoms with Crippen molar-refractivity contribution >= 4 is 22.8 Å². The number of benzene rings is 1. The highest BCUT2D eigenvalue weighted by Crippen LogP contribution is 2.42. The zero-order chi connectivity index (χ0) is 20.9. The molecule has 0 spiro atoms. The fraction of sp³-hybridized carbons (Fsp3) is 0.545. The first kappa shape index (κ1) is 19.5. The molecule has 2 atom stereocenters. The van der Waals surface area contributed by atoms with Crippen molar-refractivity contribution in [2.24, 2.45) is 0 Å². The molecule has 5 rings (SSSR count). The van der Waals surface area contributed by atoms with Gasteiger partial charge >= 0.3 is 5.97 Å². The van der Waals surface area contributed by atoms with Gasteiger partial charge in [-0.05, 0) is 37.5 Å². The Morgan fingerprint density at radius 2 is 2.20 bits per heavy atom. The number of ether oxygens (including phenoxy) is 2. The Morgan fingerprint density at radius 1 is 1.37 bits per heavy atom. The lowest BCUT2D eigenvalue weighted by Crippen LogP contribution is -2.44. The Labute approximate surface area is 174 Å². The van der Waals surface area contributed by atoms with E-state index in [0.717, 1.165) is 30.3 Å². The number of morpholine rings is 1. The molecule has 0 N–H and O–H groups in total. The first-order valence-electron chi connectivity index (χ1n) is 10.6. The quantitative estimate of drug-likeness (QED) is 0.489. The molecular formula is C22H26FN3O4. The van der Waals surface area contributed by atoms with E-state index >= 15 is 0 Å². The normalized spacial score (nSPS) is 24.7. The van der Waals surface area contributed by atoms with E-state index in [4.69, 9.17) is 9.47 Å². The van der Waals surface area contributed by atoms with Crippen LogP contribution in [-0.2, 0) is 32.2 Å². The highest BCUT2D eigenvalue weighted by Gasteiger charge is 2.65. The third kappa shape index (κ3) is 3.37. The van der Waals surface area contributed by atoms with Crippen LogP contribution in [0.3, 0.4) is 0 Å². The molecule has 160 valence electrons. The van der Waals surface area contributed by atoms with Crippen LogP contribution in [0.25, 0.3) is 10.9 Å². The van der Waals surface area contributed by atoms with Crippen LogP contribution >= 0.6 is 0 Å². The molecule has 2 aromatic rings. The second kappa shape index (κ2) is 7.35. The average molecular weight is 415 g/mol. The van der Waals surface area contributed by atoms with Gasteiger partial charge in [0.25, 0.3) is 5.91 Å². The van der Waals surface area contributed by atoms with Gasteiger partial charge in [0, 0.05) is 54.8 Å². The number of carbonyl (C=O) groups is 2. The van der Waals surface area contributed by atoms with Crippen molar-refractivity contribution in [1.82, 2.24) is 14.4 Å². The Balaban J connectivity index is 1.36. The van der Waals surface area contributed by atoms with Crippen LogP contribution < -0.4 is 0 Å². The van der Waals surface area contributed by atoms with Crippen molar-refractivity contribution in [3.8, 4) is 0 Å². The highest BCUT2D eigenvalue weighted by molar-refractivity contribution is 5.89. The molecule has 1 aromatic heterocycles. The van der Waals surface area contributed by atoms with E-state index in [-0.39, 0.29) is 30.3 Å². The molecule has 3 heterocycles. The summed E-state index contributed by atoms with van der Waals surface area (Å²) in [5.41, 5.74) is 0.622. The van der Waals surface area contributed by atoms with Crippen LogP contribution in [0.15, 0.2) is 24.4 Å². The first-order valence-corrected chi connectivity index (χ1v) is 10.6. The number of aryl methyl sites for hydroxylation is 1. The van der Waals surface area contributed by atoms with Crippen LogP contribution in [0.2, 0.25) is 0 Å². The summed E-state index contributed by atoms with van der Waals surface area (Å²) in [4.78, 5) is 28.4. The fourth-order valence-electron chi connectivity index (χ4n) is 4.44. The number of rotatable bonds is 8. The van der Waals surface area contributed by atoms with E-state index in [1.165, 1.54) is 13.2 Å². The van der Waals surface area contributed by atoms with Crippen LogP contribution in [0.4, 0.5) is 4.39 Å². The summed E-state index contributed by atoms with van der Waals surface area (Å²) in [6.07, 6.45) is 4.80. The maximum absolute atomic E-state index is 14.9. The lowest BCUT2D eigenvalue weighted by Gasteiger charge is -2.26. The summed E-state index contributed by atoms with van der Waals surface area (Å²) in [6.45, 7) is 2.88. The number of nitrogens with zero attached hydrogens (tertiary/aromatic N) is 3. The van der Waals surface area contributed by atoms with E-state index in [1.54, 1.807) is 4.90 Å². The summed E-state index contributed by atoms with van der Waals surface area (Å²) < 4.78 is 27.3. The van der Waals surface area contributed by atoms with Crippen LogP contribution in [0, 0.1) is 5.82 Å². The molecule has 3 fully saturated rings. The molecule has 1 aliphatic carbocycles. The number of aromatic nitrogens is 1. The van der Waals surface area contributed by atoms with Crippen LogP contribution in [0.5, 0.6) is 0 Å². The first-order chi connectivity index (χ1) is 14.5. The zero-order valence-electron chi connectivity index (χ0n) is 17.1. The number of amides is 1. The Kier molecular flexibility index (Phi) is 4.78. The van der Waals surface area contributed by atoms with Crippen molar-refractivity contribution < 1.29 is 23.5 Å². The summed E-state index contributed by atoms with van der Waals surface area (Å²) >= 11 is 0. The van der Waals surface area contributed by atoms with Gasteiger partial charge in [0.15, 0.2) is 0 Å². The highest BCUT2D eigenvalue weighted by atomic mass is 19.1. The largest absolute Gasteiger partial charge is 0.469 e. The Hall–Kier alpha value is -2.45. The molecule has 2 saturated heterocycles. The fourth-order valence-corrected chi connectivity index (χ4v) is 4.44. The second-order valence-electron chi connectivity index (χ2n) is 8.41. The number of fused-ring (bicyclic) bond motifs is 2. The molecule has 1 saturated carbocycles. The average Bonchev–Trinajstić information content (AvgIpc) is 3.64. The predicted octanol–water partition coefficient (Wildman–Crippen LogP) is 2.27. The van der Waals surface area contributed by atoms with Gasteiger partial charge in [0.05, 0.1) is 20.3 Å². The van der Waals surface area contributed by atoms with Gasteiger partial charge in [-0.15, -0.1) is 0 Å². The minimum absolute atomic E-state index is 0.0320. The molecular weight excluding hydrogens is 389 g/mol. The van der Waals surface area contributed by atoms with Gasteiger partial charge in [-0.1, -0.05) is 0 Å². The third-order valence-corrected chi connectivity index (χ3v) is 6.38. The molecule has 0 bridgehead atoms. The number of hydrogen-bond donors (Lipinski definition) is 0. The number of esters is 1. The monoisotopic (exact) mass is 415 g/mol. The molecule has 3 aliphatic rings. The molecule has 30 heavy (non-hydrogen) atoms. The smallest absolute Gasteiger partial charge is 0.305 e. The summed E-state index contributed by atoms with van der Waals surface area (Å²) in [7, 11) is 1.38. The predicted molar refractivity (Wildman–Crippen MR) is 107 cm³/mol. The minimum atomic E-state index is -0.794. The van der Waals surface area contributed by atoms with E-state index in [0.29, 0.717) is 38.1 Å². The molecule has 1 unspecified atom stereocenters. The van der Waals surface area contributed by atoms with E-state index in [2.05, 4.69) is 0 Å². The van der Waals surface area contributed by atoms with Crippen molar-refractivity contribution in [3.63, 3.8) is 0 Å². The van der Waals surface area contributed by atoms with Gasteiger partial charge in [-0.2, -0.15) is 0 Å². The van der Waals surface area contributed by atoms with Crippen molar-refractivity contribution in [2.45, 2.75) is 50.5 Å². The number of hydrogen-bond acceptors (Lipinski definition) is 5. The zero-order valence-corrected chi connectivity index (χ0v) is 17.1. The topological polar surface area (TPSA) is 63.8 Å². The molecule has 7 nitrogen and oxygen atoms in total. The lowest BCUT2D eigenvalue weighted by atomic mass is 10.1. The van der Waals surface area contributed by atoms with Crippen LogP contribution in [-0.4, -0.2) is 64.8 Å². The van der Waals surface area contributed by atoms with Gasteiger partial charge in [-0.25, -0.2) is 4.39 Å². The van der Waals surface area contributed by atoms with Gasteiger partial charge in [0.2, 0.25) is 5.72 Å². The van der Waals surface area contributed by atoms with Crippen LogP contribution in [0.1, 0.15) is 31.2 Å². The number of carbonyl (C=O) groups excluding carboxylic acids is 2. The van der Waals surface area contributed by atoms with Crippen molar-refractivity contribution in [2.75, 3.05) is 26.8 Å². The van der Waals surface area contributed by atoms with Gasteiger partial charge in [-0.3, -0.25) is 14.5 Å². The van der Waals surface area contributed by atoms with E-state index in [1.807, 2.05) is 27.8 Å². The molecule has 1 amide bonds. The molecule has 1 aromatic carbocycles. The summed E-state index contributed by atoms with van der Waals surface area (Å²) in [5.74, 6) is -0.569. The molecule has 8 heteroatoms. The SMILES string of the molecule is COC(=O)CCCn1ccc2cc(F)c(CN(C(=O)[C@]34CN3CCO4)C3CC3)cc21. The minimum Gasteiger partial charge on any atom is -0.469 e. The van der Waals surface area contributed by atoms with Crippen molar-refractivity contribution in [3.05, 3.63) is 35.8 Å². The summed E-state index contributed by atoms with van der Waals surface area (Å²) in [5, 5.41) is 0.810. The Bertz CT molecular complexity index is 1000. The maximum Gasteiger partial charge on any atom is 0.305 e. The standard InChI is InChI=1S/C22H26FN3O4/c1-29-20(27)3-2-7-24-8-6-15-11-18(23)16(12-19(15)24)13-26(17-4-5-17)21(28)22-14-25(22)9-10-30-22/h6,8,11-12,17H,2-5,7,9-10,13-14H2,1H3/t22-,25?/m1/s1. The van der Waals surface area contributed by atoms with Gasteiger partial charge in [0.1, 0.15) is 5.82 Å². The molecule has 0 radical (unpaired) electrons. The molecule has 2 aliphatic heterocycles. The lowest BCUT2D eigenvalue weighted by molar-refractivity contribution is -0.147. The summed E-state index contributed by atoms with van der Waals surface area (Å²) in [6, 6.07) is 5.41. The number of halogens is 1. The second-order valence-corrected chi connectivity index (χ2v) is 8.41. The Morgan fingerprint density at radius 3 is 2.87 bits per heavy atom. The van der Waals surface area contributed by atoms with Crippen molar-refractivity contribution in [1.29, 1.82) is 0 Å². The van der Waals surface area contributed by atoms with E-state index < -0.39 is 5.72 Å². The van der Waals surface area contributed by atoms with Gasteiger partial charge < -0.3 is 18.9 Å². The third-order valence-electron chi connectivity index (χ3n) is 6.38. The number of methoxy groups -OCH3 is 1.